The Morgan fingerprint density at radius 1 is 1.00 bits per heavy atom. The van der Waals surface area contributed by atoms with Gasteiger partial charge >= 0.3 is 5.97 Å². The van der Waals surface area contributed by atoms with E-state index < -0.39 is 5.97 Å². The molecule has 0 saturated carbocycles. The fourth-order valence-corrected chi connectivity index (χ4v) is 3.22. The van der Waals surface area contributed by atoms with Crippen molar-refractivity contribution in [2.24, 2.45) is 0 Å². The Morgan fingerprint density at radius 3 is 2.52 bits per heavy atom. The van der Waals surface area contributed by atoms with Crippen LogP contribution in [0.15, 0.2) is 42.5 Å². The van der Waals surface area contributed by atoms with E-state index in [0.717, 1.165) is 11.0 Å². The molecule has 1 saturated heterocycles. The van der Waals surface area contributed by atoms with Crippen LogP contribution in [0.1, 0.15) is 10.5 Å². The number of benzene rings is 1. The number of aromatic amines is 1. The number of rotatable bonds is 4. The molecule has 0 bridgehead atoms. The smallest absolute Gasteiger partial charge is 0.317 e. The van der Waals surface area contributed by atoms with Crippen LogP contribution in [0.2, 0.25) is 0 Å². The highest BCUT2D eigenvalue weighted by molar-refractivity contribution is 5.93. The maximum Gasteiger partial charge on any atom is 0.317 e. The lowest BCUT2D eigenvalue weighted by Crippen LogP contribution is -2.50. The summed E-state index contributed by atoms with van der Waals surface area (Å²) in [5.74, 6) is -0.380. The molecule has 1 amide bonds. The molecule has 3 aromatic rings. The number of amides is 1. The summed E-state index contributed by atoms with van der Waals surface area (Å²) >= 11 is 0. The first-order chi connectivity index (χ1) is 13.1. The molecule has 4 rings (SSSR count). The molecule has 1 fully saturated rings. The average molecular weight is 365 g/mol. The van der Waals surface area contributed by atoms with E-state index in [-0.39, 0.29) is 12.5 Å². The van der Waals surface area contributed by atoms with Gasteiger partial charge in [0.05, 0.1) is 17.6 Å². The summed E-state index contributed by atoms with van der Waals surface area (Å²) in [5, 5.41) is 8.87. The van der Waals surface area contributed by atoms with Crippen molar-refractivity contribution < 1.29 is 14.7 Å². The number of nitrogens with zero attached hydrogens (tertiary/aromatic N) is 4. The minimum absolute atomic E-state index is 0.00180. The highest BCUT2D eigenvalue weighted by Gasteiger charge is 2.24. The first-order valence-corrected chi connectivity index (χ1v) is 8.76. The maximum atomic E-state index is 12.8. The number of hydrogen-bond acceptors (Lipinski definition) is 5. The van der Waals surface area contributed by atoms with Crippen LogP contribution in [0.5, 0.6) is 0 Å². The Hall–Kier alpha value is -3.26. The van der Waals surface area contributed by atoms with Gasteiger partial charge in [0.1, 0.15) is 11.4 Å². The van der Waals surface area contributed by atoms with E-state index in [2.05, 4.69) is 15.0 Å². The van der Waals surface area contributed by atoms with Crippen molar-refractivity contribution in [3.05, 3.63) is 48.2 Å². The van der Waals surface area contributed by atoms with Crippen molar-refractivity contribution in [1.29, 1.82) is 0 Å². The number of aliphatic carboxylic acids is 1. The number of carboxylic acids is 1. The molecule has 0 unspecified atom stereocenters. The Labute approximate surface area is 155 Å². The summed E-state index contributed by atoms with van der Waals surface area (Å²) in [5.41, 5.74) is 2.74. The molecule has 1 aromatic carbocycles. The van der Waals surface area contributed by atoms with Crippen LogP contribution < -0.4 is 0 Å². The molecule has 1 aliphatic rings. The fraction of sp³-hybridized carbons (Fsp3) is 0.263. The number of imidazole rings is 1. The largest absolute Gasteiger partial charge is 0.480 e. The van der Waals surface area contributed by atoms with Gasteiger partial charge in [0.15, 0.2) is 5.82 Å². The highest BCUT2D eigenvalue weighted by Crippen LogP contribution is 2.19. The first-order valence-electron chi connectivity index (χ1n) is 8.76. The number of H-pyrrole nitrogens is 1. The van der Waals surface area contributed by atoms with Gasteiger partial charge in [0, 0.05) is 26.2 Å². The van der Waals surface area contributed by atoms with Gasteiger partial charge in [-0.25, -0.2) is 9.97 Å². The summed E-state index contributed by atoms with van der Waals surface area (Å²) in [6, 6.07) is 13.0. The number of fused-ring (bicyclic) bond motifs is 1. The molecule has 0 atom stereocenters. The lowest BCUT2D eigenvalue weighted by atomic mass is 10.2. The van der Waals surface area contributed by atoms with E-state index in [1.807, 2.05) is 35.2 Å². The number of carboxylic acid groups (broad SMARTS) is 1. The van der Waals surface area contributed by atoms with Gasteiger partial charge in [-0.2, -0.15) is 0 Å². The van der Waals surface area contributed by atoms with Gasteiger partial charge < -0.3 is 15.0 Å². The molecule has 0 spiro atoms. The van der Waals surface area contributed by atoms with Crippen LogP contribution in [0.25, 0.3) is 22.6 Å². The molecule has 2 N–H and O–H groups in total. The number of nitrogens with one attached hydrogen (secondary N) is 1. The van der Waals surface area contributed by atoms with Crippen molar-refractivity contribution in [3.8, 4) is 11.5 Å². The summed E-state index contributed by atoms with van der Waals surface area (Å²) in [4.78, 5) is 39.4. The number of para-hydroxylation sites is 2. The minimum atomic E-state index is -0.852. The van der Waals surface area contributed by atoms with Crippen LogP contribution in [-0.4, -0.2) is 74.5 Å². The van der Waals surface area contributed by atoms with E-state index in [0.29, 0.717) is 43.4 Å². The lowest BCUT2D eigenvalue weighted by Gasteiger charge is -2.33. The second-order valence-electron chi connectivity index (χ2n) is 6.47. The van der Waals surface area contributed by atoms with E-state index in [4.69, 9.17) is 5.11 Å². The Balaban J connectivity index is 1.50. The van der Waals surface area contributed by atoms with Gasteiger partial charge in [-0.05, 0) is 24.3 Å². The van der Waals surface area contributed by atoms with Crippen LogP contribution in [0.3, 0.4) is 0 Å². The molecule has 3 heterocycles. The SMILES string of the molecule is O=C(O)CN1CCN(C(=O)c2cccc(-c3nc4ccccc4[nH]3)n2)CC1. The molecule has 8 nitrogen and oxygen atoms in total. The molecule has 8 heteroatoms. The zero-order valence-electron chi connectivity index (χ0n) is 14.6. The highest BCUT2D eigenvalue weighted by atomic mass is 16.4. The number of aromatic nitrogens is 3. The number of pyridine rings is 1. The Bertz CT molecular complexity index is 959. The van der Waals surface area contributed by atoms with Crippen molar-refractivity contribution >= 4 is 22.9 Å². The first kappa shape index (κ1) is 17.2. The van der Waals surface area contributed by atoms with Crippen molar-refractivity contribution in [2.75, 3.05) is 32.7 Å². The molecule has 0 aliphatic carbocycles. The van der Waals surface area contributed by atoms with Crippen LogP contribution >= 0.6 is 0 Å². The Morgan fingerprint density at radius 2 is 1.78 bits per heavy atom. The summed E-state index contributed by atoms with van der Waals surface area (Å²) in [6.45, 7) is 2.07. The van der Waals surface area contributed by atoms with Crippen LogP contribution in [0.4, 0.5) is 0 Å². The van der Waals surface area contributed by atoms with Crippen LogP contribution in [-0.2, 0) is 4.79 Å². The molecule has 27 heavy (non-hydrogen) atoms. The molecule has 138 valence electrons. The van der Waals surface area contributed by atoms with Gasteiger partial charge in [-0.15, -0.1) is 0 Å². The van der Waals surface area contributed by atoms with Gasteiger partial charge in [-0.1, -0.05) is 18.2 Å². The Kier molecular flexibility index (Phi) is 4.55. The van der Waals surface area contributed by atoms with Crippen molar-refractivity contribution in [1.82, 2.24) is 24.8 Å². The monoisotopic (exact) mass is 365 g/mol. The van der Waals surface area contributed by atoms with Crippen LogP contribution in [0, 0.1) is 0 Å². The standard InChI is InChI=1S/C19H19N5O3/c25-17(26)12-23-8-10-24(11-9-23)19(27)16-7-3-6-15(20-16)18-21-13-4-1-2-5-14(13)22-18/h1-7H,8-12H2,(H,21,22)(H,25,26). The number of carbonyl (C=O) groups is 2. The number of hydrogen-bond donors (Lipinski definition) is 2. The lowest BCUT2D eigenvalue weighted by molar-refractivity contribution is -0.138. The van der Waals surface area contributed by atoms with Gasteiger partial charge in [-0.3, -0.25) is 14.5 Å². The van der Waals surface area contributed by atoms with E-state index in [9.17, 15) is 9.59 Å². The third-order valence-electron chi connectivity index (χ3n) is 4.62. The second-order valence-corrected chi connectivity index (χ2v) is 6.47. The number of carbonyl (C=O) groups excluding carboxylic acids is 1. The zero-order valence-corrected chi connectivity index (χ0v) is 14.6. The van der Waals surface area contributed by atoms with E-state index in [1.165, 1.54) is 0 Å². The average Bonchev–Trinajstić information content (AvgIpc) is 3.12. The molecule has 2 aromatic heterocycles. The normalized spacial score (nSPS) is 15.2. The molecule has 0 radical (unpaired) electrons. The summed E-state index contributed by atoms with van der Waals surface area (Å²) in [6.07, 6.45) is 0. The third-order valence-corrected chi connectivity index (χ3v) is 4.62. The second kappa shape index (κ2) is 7.16. The fourth-order valence-electron chi connectivity index (χ4n) is 3.22. The minimum Gasteiger partial charge on any atom is -0.480 e. The molecular formula is C19H19N5O3. The number of piperazine rings is 1. The topological polar surface area (TPSA) is 102 Å². The third kappa shape index (κ3) is 3.65. The quantitative estimate of drug-likeness (QED) is 0.726. The molecule has 1 aliphatic heterocycles. The van der Waals surface area contributed by atoms with Crippen molar-refractivity contribution in [2.45, 2.75) is 0 Å². The van der Waals surface area contributed by atoms with Gasteiger partial charge in [0.2, 0.25) is 0 Å². The zero-order chi connectivity index (χ0) is 18.8. The maximum absolute atomic E-state index is 12.8. The summed E-state index contributed by atoms with van der Waals surface area (Å²) in [7, 11) is 0. The van der Waals surface area contributed by atoms with E-state index >= 15 is 0 Å². The van der Waals surface area contributed by atoms with Crippen molar-refractivity contribution in [3.63, 3.8) is 0 Å². The molecular weight excluding hydrogens is 346 g/mol. The van der Waals surface area contributed by atoms with Gasteiger partial charge in [0.25, 0.3) is 5.91 Å². The van der Waals surface area contributed by atoms with E-state index in [1.54, 1.807) is 17.0 Å². The predicted octanol–water partition coefficient (Wildman–Crippen LogP) is 1.47. The summed E-state index contributed by atoms with van der Waals surface area (Å²) < 4.78 is 0. The predicted molar refractivity (Wildman–Crippen MR) is 99.3 cm³/mol.